The molecule has 0 bridgehead atoms. The van der Waals surface area contributed by atoms with Crippen LogP contribution >= 0.6 is 0 Å². The quantitative estimate of drug-likeness (QED) is 0.246. The summed E-state index contributed by atoms with van der Waals surface area (Å²) >= 11 is 5.69. The summed E-state index contributed by atoms with van der Waals surface area (Å²) in [5, 5.41) is 0. The van der Waals surface area contributed by atoms with Gasteiger partial charge in [0.05, 0.1) is 0 Å². The maximum absolute atomic E-state index is 7.50. The third-order valence-corrected chi connectivity index (χ3v) is 4.78. The number of methoxy groups -OCH3 is 5. The van der Waals surface area contributed by atoms with E-state index < -0.39 is 0 Å². The molecule has 2 atom stereocenters. The van der Waals surface area contributed by atoms with E-state index in [0.29, 0.717) is 14.9 Å². The van der Waals surface area contributed by atoms with E-state index in [9.17, 15) is 0 Å². The molecule has 17 heteroatoms. The van der Waals surface area contributed by atoms with Crippen LogP contribution in [0, 0.1) is 73.4 Å². The van der Waals surface area contributed by atoms with Crippen LogP contribution in [0.4, 0.5) is 0 Å². The molecule has 0 saturated carbocycles. The van der Waals surface area contributed by atoms with Gasteiger partial charge in [0.2, 0.25) is 0 Å². The Morgan fingerprint density at radius 3 is 0.936 bits per heavy atom. The molecule has 1 aromatic carbocycles. The number of hydrogen-bond acceptors (Lipinski definition) is 5. The molecule has 47 heavy (non-hydrogen) atoms. The zero-order valence-electron chi connectivity index (χ0n) is 25.6. The van der Waals surface area contributed by atoms with E-state index in [1.54, 1.807) is 35.5 Å². The minimum absolute atomic E-state index is 0.306. The van der Waals surface area contributed by atoms with Gasteiger partial charge in [-0.25, -0.2) is 0 Å². The van der Waals surface area contributed by atoms with Crippen LogP contribution in [0.2, 0.25) is 0 Å². The normalized spacial score (nSPS) is 8.38. The van der Waals surface area contributed by atoms with E-state index >= 15 is 0 Å². The van der Waals surface area contributed by atoms with Crippen molar-refractivity contribution in [2.45, 2.75) is 19.1 Å². The Morgan fingerprint density at radius 2 is 0.766 bits per heavy atom. The Kier molecular flexibility index (Phi) is 110. The van der Waals surface area contributed by atoms with Crippen molar-refractivity contribution in [3.05, 3.63) is 120 Å². The number of ether oxygens (including phenoxy) is 5. The summed E-state index contributed by atoms with van der Waals surface area (Å²) in [4.78, 5) is 0. The molecule has 0 amide bonds. The molecule has 0 aliphatic heterocycles. The van der Waals surface area contributed by atoms with E-state index in [1.165, 1.54) is 0 Å². The van der Waals surface area contributed by atoms with Crippen molar-refractivity contribution in [3.8, 4) is 5.75 Å². The molecule has 0 radical (unpaired) electrons. The van der Waals surface area contributed by atoms with Gasteiger partial charge in [0, 0.05) is 0 Å². The molecule has 1 rings (SSSR count). The van der Waals surface area contributed by atoms with Crippen molar-refractivity contribution < 1.29 is 102 Å². The van der Waals surface area contributed by atoms with Crippen molar-refractivity contribution in [2.24, 2.45) is 0 Å². The van der Waals surface area contributed by atoms with Gasteiger partial charge >= 0.3 is 291 Å². The van der Waals surface area contributed by atoms with Gasteiger partial charge in [0.1, 0.15) is 0 Å². The molecule has 0 spiro atoms. The van der Waals surface area contributed by atoms with Crippen LogP contribution in [-0.2, 0) is 97.2 Å². The number of benzene rings is 1. The average molecular weight is 731 g/mol. The minimum atomic E-state index is -0.306. The molecule has 0 fully saturated rings. The molecule has 0 N–H and O–H groups in total. The van der Waals surface area contributed by atoms with Gasteiger partial charge in [-0.2, -0.15) is 0 Å². The summed E-state index contributed by atoms with van der Waals surface area (Å²) in [5.41, 5.74) is 2.89. The van der Waals surface area contributed by atoms with Crippen LogP contribution in [0.15, 0.2) is 36.4 Å². The fraction of sp³-hybridized carbons (Fsp3) is 0.267. The predicted octanol–water partition coefficient (Wildman–Crippen LogP) is 2.76. The van der Waals surface area contributed by atoms with Crippen LogP contribution in [-0.4, -0.2) is 44.7 Å². The van der Waals surface area contributed by atoms with Crippen molar-refractivity contribution in [1.29, 1.82) is 0 Å². The molecule has 0 aromatic heterocycles. The Hall–Kier alpha value is -3.46. The van der Waals surface area contributed by atoms with E-state index in [-0.39, 0.29) is 12.2 Å². The second-order valence-corrected chi connectivity index (χ2v) is 6.81. The number of hydrogen-bond donors (Lipinski definition) is 0. The predicted molar refractivity (Wildman–Crippen MR) is 139 cm³/mol. The SMILES string of the molecule is CO[C](=[Cr])/C=C/[C@@H](OC)c1cc(C)cc([C@@H](/C=C/[C](=[Cr])OC)OC)c1OC.[C-]#[O+].[C-]#[O+].[C-]#[O+].[C-]#[O+].[C-]#[O+].[C-]#[O+].[C-]#[O+].[C-]#[O+].[C-]#[O+].[C-]#[O+]. The summed E-state index contributed by atoms with van der Waals surface area (Å²) in [6.45, 7) is 47.0. The Morgan fingerprint density at radius 1 is 0.532 bits per heavy atom. The van der Waals surface area contributed by atoms with Crippen LogP contribution in [0.25, 0.3) is 0 Å². The zero-order valence-corrected chi connectivity index (χ0v) is 28.1. The first-order valence-electron chi connectivity index (χ1n) is 10.2. The third-order valence-electron chi connectivity index (χ3n) is 3.83. The molecule has 0 aliphatic carbocycles. The second-order valence-electron chi connectivity index (χ2n) is 5.55. The van der Waals surface area contributed by atoms with E-state index in [0.717, 1.165) is 16.7 Å². The molecule has 0 unspecified atom stereocenters. The third kappa shape index (κ3) is 42.5. The van der Waals surface area contributed by atoms with Gasteiger partial charge in [-0.05, 0) is 0 Å². The van der Waals surface area contributed by atoms with Crippen LogP contribution in [0.3, 0.4) is 0 Å². The molecule has 0 aliphatic rings. The van der Waals surface area contributed by atoms with Gasteiger partial charge < -0.3 is 0 Å². The van der Waals surface area contributed by atoms with Gasteiger partial charge in [-0.3, -0.25) is 0 Å². The summed E-state index contributed by atoms with van der Waals surface area (Å²) in [6.07, 6.45) is 6.86. The summed E-state index contributed by atoms with van der Waals surface area (Å²) in [7, 11) is 8.17. The Labute approximate surface area is 290 Å². The molecule has 1 aromatic rings. The van der Waals surface area contributed by atoms with Crippen LogP contribution < -0.4 is 4.74 Å². The topological polar surface area (TPSA) is 245 Å². The van der Waals surface area contributed by atoms with Crippen LogP contribution in [0.1, 0.15) is 28.9 Å². The number of rotatable bonds is 11. The molecule has 248 valence electrons. The molecular formula is C30H26Cr2O15. The van der Waals surface area contributed by atoms with Crippen molar-refractivity contribution >= 4 is 9.13 Å². The fourth-order valence-corrected chi connectivity index (χ4v) is 2.82. The standard InChI is InChI=1S/C20H26O5.10CO.2Cr/c1-15-13-16(18(23-4)9-7-11-21-2)20(25-6)17(14-15)19(24-5)10-8-12-22-3;10*1-2;;/h7-10,13-14,18-19H,1-6H3;;;;;;;;;;;;/b9-7+,10-8+;;;;;;;;;;;;/t18-,19-;;;;;;;;;;;;/m1............/s1. The summed E-state index contributed by atoms with van der Waals surface area (Å²) in [5.74, 6) is 0.715. The van der Waals surface area contributed by atoms with E-state index in [2.05, 4.69) is 98.2 Å². The van der Waals surface area contributed by atoms with Crippen molar-refractivity contribution in [3.63, 3.8) is 0 Å². The van der Waals surface area contributed by atoms with Crippen molar-refractivity contribution in [1.82, 2.24) is 0 Å². The number of aryl methyl sites for hydroxylation is 1. The van der Waals surface area contributed by atoms with Gasteiger partial charge in [-0.1, -0.05) is 0 Å². The van der Waals surface area contributed by atoms with Gasteiger partial charge in [0.15, 0.2) is 0 Å². The van der Waals surface area contributed by atoms with Crippen molar-refractivity contribution in [2.75, 3.05) is 35.5 Å². The first kappa shape index (κ1) is 70.0. The molecular weight excluding hydrogens is 704 g/mol. The first-order chi connectivity index (χ1) is 22.9. The average Bonchev–Trinajstić information content (AvgIpc) is 3.19. The molecule has 15 nitrogen and oxygen atoms in total. The zero-order chi connectivity index (χ0) is 40.4. The first-order valence-corrected chi connectivity index (χ1v) is 11.5. The molecule has 0 heterocycles. The van der Waals surface area contributed by atoms with E-state index in [1.807, 2.05) is 43.4 Å². The summed E-state index contributed by atoms with van der Waals surface area (Å²) < 4.78 is 104. The summed E-state index contributed by atoms with van der Waals surface area (Å²) in [6, 6.07) is 4.09. The maximum atomic E-state index is 7.50. The second kappa shape index (κ2) is 73.8. The fourth-order valence-electron chi connectivity index (χ4n) is 2.57. The van der Waals surface area contributed by atoms with E-state index in [4.69, 9.17) is 70.2 Å². The Bertz CT molecular complexity index is 996. The van der Waals surface area contributed by atoms with Gasteiger partial charge in [-0.15, -0.1) is 0 Å². The van der Waals surface area contributed by atoms with Crippen LogP contribution in [0.5, 0.6) is 5.75 Å². The van der Waals surface area contributed by atoms with Gasteiger partial charge in [0.25, 0.3) is 0 Å². The Balaban J connectivity index is -0.0000000727. The monoisotopic (exact) mass is 730 g/mol. The molecule has 0 saturated heterocycles.